The van der Waals surface area contributed by atoms with E-state index in [-0.39, 0.29) is 6.42 Å². The average Bonchev–Trinajstić information content (AvgIpc) is 2.01. The summed E-state index contributed by atoms with van der Waals surface area (Å²) in [7, 11) is 0. The Kier molecular flexibility index (Phi) is 6.54. The van der Waals surface area contributed by atoms with Crippen molar-refractivity contribution in [3.05, 3.63) is 0 Å². The molecule has 0 heterocycles. The van der Waals surface area contributed by atoms with Gasteiger partial charge in [0.2, 0.25) is 5.12 Å². The summed E-state index contributed by atoms with van der Waals surface area (Å²) in [6, 6.07) is -0.857. The number of aliphatic carboxylic acids is 1. The van der Waals surface area contributed by atoms with Crippen LogP contribution >= 0.6 is 24.4 Å². The third-order valence-electron chi connectivity index (χ3n) is 1.42. The van der Waals surface area contributed by atoms with Crippen LogP contribution in [-0.4, -0.2) is 44.0 Å². The van der Waals surface area contributed by atoms with E-state index in [0.29, 0.717) is 17.9 Å². The number of thiol groups is 1. The van der Waals surface area contributed by atoms with Crippen molar-refractivity contribution in [1.29, 1.82) is 0 Å². The van der Waals surface area contributed by atoms with Gasteiger partial charge in [-0.2, -0.15) is 11.8 Å². The molecule has 0 aromatic heterocycles. The quantitative estimate of drug-likeness (QED) is 0.233. The van der Waals surface area contributed by atoms with E-state index in [1.54, 1.807) is 0 Å². The Morgan fingerprint density at radius 2 is 2.14 bits per heavy atom. The predicted molar refractivity (Wildman–Crippen MR) is 58.3 cm³/mol. The summed E-state index contributed by atoms with van der Waals surface area (Å²) < 4.78 is 0. The minimum atomic E-state index is -1.94. The second-order valence-corrected chi connectivity index (χ2v) is 4.76. The van der Waals surface area contributed by atoms with Crippen molar-refractivity contribution in [2.24, 2.45) is 5.73 Å². The lowest BCUT2D eigenvalue weighted by molar-refractivity contribution is -0.137. The first-order valence-corrected chi connectivity index (χ1v) is 5.66. The molecular weight excluding hydrogens is 226 g/mol. The summed E-state index contributed by atoms with van der Waals surface area (Å²) >= 11 is 4.88. The molecule has 0 saturated heterocycles. The van der Waals surface area contributed by atoms with Gasteiger partial charge in [-0.05, 0) is 12.2 Å². The predicted octanol–water partition coefficient (Wildman–Crippen LogP) is -0.520. The van der Waals surface area contributed by atoms with Crippen LogP contribution in [0.4, 0.5) is 0 Å². The second kappa shape index (κ2) is 6.52. The summed E-state index contributed by atoms with van der Waals surface area (Å²) in [6.07, 6.45) is 0.693. The number of hydrogen-bond donors (Lipinski definition) is 5. The van der Waals surface area contributed by atoms with Crippen molar-refractivity contribution >= 4 is 30.4 Å². The lowest BCUT2D eigenvalue weighted by Gasteiger charge is -2.13. The van der Waals surface area contributed by atoms with E-state index in [1.165, 1.54) is 11.8 Å². The van der Waals surface area contributed by atoms with Crippen LogP contribution < -0.4 is 5.73 Å². The topological polar surface area (TPSA) is 104 Å². The largest absolute Gasteiger partial charge is 0.480 e. The number of hydrogen-bond acceptors (Lipinski definition) is 6. The van der Waals surface area contributed by atoms with Crippen LogP contribution in [0.1, 0.15) is 12.8 Å². The van der Waals surface area contributed by atoms with Gasteiger partial charge in [0.15, 0.2) is 0 Å². The van der Waals surface area contributed by atoms with Gasteiger partial charge in [-0.3, -0.25) is 4.79 Å². The minimum absolute atomic E-state index is 0.144. The number of carboxylic acids is 1. The molecule has 0 fully saturated rings. The Bertz CT molecular complexity index is 183. The Morgan fingerprint density at radius 3 is 2.57 bits per heavy atom. The van der Waals surface area contributed by atoms with Crippen LogP contribution in [-0.2, 0) is 4.79 Å². The minimum Gasteiger partial charge on any atom is -0.480 e. The lowest BCUT2D eigenvalue weighted by Crippen LogP contribution is -2.32. The Labute approximate surface area is 92.1 Å². The molecule has 84 valence electrons. The van der Waals surface area contributed by atoms with E-state index in [2.05, 4.69) is 12.6 Å². The molecule has 0 aromatic rings. The van der Waals surface area contributed by atoms with Gasteiger partial charge >= 0.3 is 5.97 Å². The summed E-state index contributed by atoms with van der Waals surface area (Å²) in [5.41, 5.74) is 5.25. The van der Waals surface area contributed by atoms with Crippen molar-refractivity contribution in [2.75, 3.05) is 11.5 Å². The van der Waals surface area contributed by atoms with Crippen LogP contribution in [0.25, 0.3) is 0 Å². The van der Waals surface area contributed by atoms with Crippen LogP contribution in [0.5, 0.6) is 0 Å². The van der Waals surface area contributed by atoms with E-state index in [4.69, 9.17) is 21.1 Å². The van der Waals surface area contributed by atoms with Gasteiger partial charge in [-0.1, -0.05) is 0 Å². The Morgan fingerprint density at radius 1 is 1.57 bits per heavy atom. The molecular formula is C7H15NO4S2. The van der Waals surface area contributed by atoms with E-state index in [9.17, 15) is 4.79 Å². The van der Waals surface area contributed by atoms with E-state index < -0.39 is 17.1 Å². The smallest absolute Gasteiger partial charge is 0.321 e. The van der Waals surface area contributed by atoms with Gasteiger partial charge < -0.3 is 21.1 Å². The van der Waals surface area contributed by atoms with E-state index in [0.717, 1.165) is 0 Å². The molecule has 5 N–H and O–H groups in total. The maximum absolute atomic E-state index is 10.3. The normalized spacial score (nSPS) is 14.0. The zero-order valence-electron chi connectivity index (χ0n) is 7.59. The van der Waals surface area contributed by atoms with Gasteiger partial charge in [0.05, 0.1) is 0 Å². The maximum Gasteiger partial charge on any atom is 0.321 e. The highest BCUT2D eigenvalue weighted by atomic mass is 32.2. The molecule has 0 spiro atoms. The van der Waals surface area contributed by atoms with Crippen LogP contribution in [0.3, 0.4) is 0 Å². The van der Waals surface area contributed by atoms with Crippen LogP contribution in [0.2, 0.25) is 0 Å². The van der Waals surface area contributed by atoms with Crippen LogP contribution in [0.15, 0.2) is 0 Å². The lowest BCUT2D eigenvalue weighted by atomic mass is 10.3. The van der Waals surface area contributed by atoms with Crippen LogP contribution in [0, 0.1) is 0 Å². The zero-order valence-corrected chi connectivity index (χ0v) is 9.30. The number of carbonyl (C=O) groups is 1. The third-order valence-corrected chi connectivity index (χ3v) is 2.81. The van der Waals surface area contributed by atoms with E-state index in [1.807, 2.05) is 0 Å². The fraction of sp³-hybridized carbons (Fsp3) is 0.857. The molecule has 0 bridgehead atoms. The summed E-state index contributed by atoms with van der Waals surface area (Å²) in [4.78, 5) is 10.3. The number of nitrogens with two attached hydrogens (primary N) is 1. The summed E-state index contributed by atoms with van der Waals surface area (Å²) in [5, 5.41) is 24.1. The molecule has 0 aliphatic rings. The highest BCUT2D eigenvalue weighted by Crippen LogP contribution is 2.15. The summed E-state index contributed by atoms with van der Waals surface area (Å²) in [5.74, 6) is -0.0683. The molecule has 0 aliphatic heterocycles. The highest BCUT2D eigenvalue weighted by molar-refractivity contribution is 7.99. The SMILES string of the molecule is N[C@@H](CSCCCC(O)(O)S)C(=O)O. The molecule has 0 rings (SSSR count). The molecule has 14 heavy (non-hydrogen) atoms. The van der Waals surface area contributed by atoms with Gasteiger partial charge in [0.25, 0.3) is 0 Å². The summed E-state index contributed by atoms with van der Waals surface area (Å²) in [6.45, 7) is 0. The van der Waals surface area contributed by atoms with Crippen molar-refractivity contribution in [3.63, 3.8) is 0 Å². The molecule has 0 unspecified atom stereocenters. The molecule has 5 nitrogen and oxygen atoms in total. The number of rotatable bonds is 7. The molecule has 0 aromatic carbocycles. The van der Waals surface area contributed by atoms with Crippen molar-refractivity contribution in [2.45, 2.75) is 24.0 Å². The fourth-order valence-electron chi connectivity index (χ4n) is 0.693. The van der Waals surface area contributed by atoms with Crippen molar-refractivity contribution in [1.82, 2.24) is 0 Å². The van der Waals surface area contributed by atoms with Gasteiger partial charge in [-0.15, -0.1) is 12.6 Å². The average molecular weight is 241 g/mol. The van der Waals surface area contributed by atoms with Crippen molar-refractivity contribution in [3.8, 4) is 0 Å². The molecule has 7 heteroatoms. The molecule has 0 amide bonds. The molecule has 1 atom stereocenters. The van der Waals surface area contributed by atoms with Gasteiger partial charge in [0.1, 0.15) is 6.04 Å². The highest BCUT2D eigenvalue weighted by Gasteiger charge is 2.15. The number of thioether (sulfide) groups is 1. The first kappa shape index (κ1) is 14.1. The number of carboxylic acid groups (broad SMARTS) is 1. The van der Waals surface area contributed by atoms with Gasteiger partial charge in [-0.25, -0.2) is 0 Å². The first-order valence-electron chi connectivity index (χ1n) is 4.06. The third kappa shape index (κ3) is 8.64. The number of aliphatic hydroxyl groups is 2. The first-order chi connectivity index (χ1) is 6.33. The zero-order chi connectivity index (χ0) is 11.2. The fourth-order valence-corrected chi connectivity index (χ4v) is 1.76. The molecule has 0 saturated carbocycles. The maximum atomic E-state index is 10.3. The monoisotopic (exact) mass is 241 g/mol. The molecule has 0 radical (unpaired) electrons. The van der Waals surface area contributed by atoms with Gasteiger partial charge in [0, 0.05) is 12.2 Å². The van der Waals surface area contributed by atoms with Crippen molar-refractivity contribution < 1.29 is 20.1 Å². The Balaban J connectivity index is 3.35. The Hall–Kier alpha value is 0.0500. The standard InChI is InChI=1S/C7H15NO4S2/c8-5(6(9)10)4-14-3-1-2-7(11,12)13/h5,11-13H,1-4,8H2,(H,9,10)/t5-/m0/s1. The second-order valence-electron chi connectivity index (χ2n) is 2.90. The molecule has 0 aliphatic carbocycles. The van der Waals surface area contributed by atoms with E-state index >= 15 is 0 Å².